The molecule has 3 heteroatoms. The lowest BCUT2D eigenvalue weighted by Gasteiger charge is -2.30. The minimum atomic E-state index is -0.509. The van der Waals surface area contributed by atoms with Crippen molar-refractivity contribution in [3.05, 3.63) is 48.0 Å². The average molecular weight is 246 g/mol. The number of esters is 1. The zero-order valence-electron chi connectivity index (χ0n) is 10.8. The van der Waals surface area contributed by atoms with Gasteiger partial charge in [-0.25, -0.2) is 4.79 Å². The average Bonchev–Trinajstić information content (AvgIpc) is 2.70. The van der Waals surface area contributed by atoms with Crippen molar-refractivity contribution >= 4 is 5.97 Å². The van der Waals surface area contributed by atoms with E-state index in [9.17, 15) is 4.79 Å². The van der Waals surface area contributed by atoms with Crippen molar-refractivity contribution in [1.29, 1.82) is 0 Å². The van der Waals surface area contributed by atoms with Gasteiger partial charge in [0.1, 0.15) is 11.7 Å². The van der Waals surface area contributed by atoms with E-state index in [4.69, 9.17) is 9.47 Å². The van der Waals surface area contributed by atoms with Gasteiger partial charge < -0.3 is 9.47 Å². The van der Waals surface area contributed by atoms with E-state index in [0.717, 1.165) is 5.56 Å². The molecular formula is C15H18O3. The molecule has 3 nitrogen and oxygen atoms in total. The molecule has 0 aliphatic carbocycles. The molecule has 0 radical (unpaired) electrons. The standard InChI is InChI=1S/C15H18O3/c1-11-9-13(18-14(11)16)15(2,3)17-10-12-7-5-4-6-8-12/h4-8,13H,1,9-10H2,2-3H3. The Hall–Kier alpha value is -1.61. The van der Waals surface area contributed by atoms with E-state index < -0.39 is 5.60 Å². The summed E-state index contributed by atoms with van der Waals surface area (Å²) in [6.07, 6.45) is 0.293. The largest absolute Gasteiger partial charge is 0.456 e. The first-order chi connectivity index (χ1) is 8.49. The Bertz CT molecular complexity index is 432. The van der Waals surface area contributed by atoms with E-state index in [0.29, 0.717) is 18.6 Å². The van der Waals surface area contributed by atoms with E-state index in [1.165, 1.54) is 0 Å². The molecule has 1 aliphatic rings. The van der Waals surface area contributed by atoms with Gasteiger partial charge in [-0.2, -0.15) is 0 Å². The van der Waals surface area contributed by atoms with Crippen LogP contribution in [-0.2, 0) is 20.9 Å². The van der Waals surface area contributed by atoms with Crippen LogP contribution in [0.5, 0.6) is 0 Å². The summed E-state index contributed by atoms with van der Waals surface area (Å²) in [5, 5.41) is 0. The first kappa shape index (κ1) is 12.8. The molecule has 1 aromatic rings. The SMILES string of the molecule is C=C1CC(C(C)(C)OCc2ccccc2)OC1=O. The summed E-state index contributed by atoms with van der Waals surface area (Å²) in [6, 6.07) is 9.94. The molecular weight excluding hydrogens is 228 g/mol. The second-order valence-corrected chi connectivity index (χ2v) is 5.08. The van der Waals surface area contributed by atoms with Crippen molar-refractivity contribution in [1.82, 2.24) is 0 Å². The fourth-order valence-corrected chi connectivity index (χ4v) is 1.89. The second kappa shape index (κ2) is 4.94. The minimum Gasteiger partial charge on any atom is -0.456 e. The summed E-state index contributed by atoms with van der Waals surface area (Å²) in [7, 11) is 0. The van der Waals surface area contributed by atoms with E-state index >= 15 is 0 Å². The highest BCUT2D eigenvalue weighted by molar-refractivity contribution is 5.90. The molecule has 0 amide bonds. The first-order valence-corrected chi connectivity index (χ1v) is 6.06. The monoisotopic (exact) mass is 246 g/mol. The Balaban J connectivity index is 1.96. The highest BCUT2D eigenvalue weighted by Crippen LogP contribution is 2.30. The number of carbonyl (C=O) groups excluding carboxylic acids is 1. The number of carbonyl (C=O) groups is 1. The van der Waals surface area contributed by atoms with Gasteiger partial charge in [0.2, 0.25) is 0 Å². The van der Waals surface area contributed by atoms with Gasteiger partial charge in [-0.15, -0.1) is 0 Å². The third-order valence-corrected chi connectivity index (χ3v) is 3.20. The van der Waals surface area contributed by atoms with Crippen LogP contribution in [0.25, 0.3) is 0 Å². The van der Waals surface area contributed by atoms with Gasteiger partial charge in [0.15, 0.2) is 0 Å². The number of benzene rings is 1. The molecule has 0 aromatic heterocycles. The van der Waals surface area contributed by atoms with E-state index in [1.54, 1.807) is 0 Å². The smallest absolute Gasteiger partial charge is 0.333 e. The lowest BCUT2D eigenvalue weighted by Crippen LogP contribution is -2.38. The van der Waals surface area contributed by atoms with Crippen LogP contribution in [0.1, 0.15) is 25.8 Å². The summed E-state index contributed by atoms with van der Waals surface area (Å²) in [6.45, 7) is 8.07. The number of hydrogen-bond acceptors (Lipinski definition) is 3. The quantitative estimate of drug-likeness (QED) is 0.605. The molecule has 1 unspecified atom stereocenters. The molecule has 1 saturated heterocycles. The Morgan fingerprint density at radius 1 is 1.39 bits per heavy atom. The van der Waals surface area contributed by atoms with Gasteiger partial charge in [-0.05, 0) is 19.4 Å². The first-order valence-electron chi connectivity index (χ1n) is 6.06. The maximum Gasteiger partial charge on any atom is 0.333 e. The molecule has 1 heterocycles. The summed E-state index contributed by atoms with van der Waals surface area (Å²) in [4.78, 5) is 11.3. The zero-order chi connectivity index (χ0) is 13.2. The molecule has 1 aromatic carbocycles. The van der Waals surface area contributed by atoms with Crippen molar-refractivity contribution < 1.29 is 14.3 Å². The Morgan fingerprint density at radius 3 is 2.61 bits per heavy atom. The van der Waals surface area contributed by atoms with Crippen molar-refractivity contribution in [2.24, 2.45) is 0 Å². The van der Waals surface area contributed by atoms with Gasteiger partial charge in [0, 0.05) is 12.0 Å². The predicted molar refractivity (Wildman–Crippen MR) is 68.9 cm³/mol. The lowest BCUT2D eigenvalue weighted by molar-refractivity contribution is -0.156. The minimum absolute atomic E-state index is 0.249. The molecule has 0 spiro atoms. The van der Waals surface area contributed by atoms with Gasteiger partial charge in [-0.1, -0.05) is 36.9 Å². The number of ether oxygens (including phenoxy) is 2. The maximum absolute atomic E-state index is 11.3. The highest BCUT2D eigenvalue weighted by atomic mass is 16.6. The van der Waals surface area contributed by atoms with Crippen LogP contribution in [0.4, 0.5) is 0 Å². The highest BCUT2D eigenvalue weighted by Gasteiger charge is 2.40. The molecule has 0 bridgehead atoms. The van der Waals surface area contributed by atoms with Crippen LogP contribution in [-0.4, -0.2) is 17.7 Å². The van der Waals surface area contributed by atoms with Crippen LogP contribution in [0.3, 0.4) is 0 Å². The van der Waals surface area contributed by atoms with E-state index in [-0.39, 0.29) is 12.1 Å². The second-order valence-electron chi connectivity index (χ2n) is 5.08. The maximum atomic E-state index is 11.3. The normalized spacial score (nSPS) is 20.0. The molecule has 0 N–H and O–H groups in total. The molecule has 18 heavy (non-hydrogen) atoms. The predicted octanol–water partition coefficient (Wildman–Crippen LogP) is 2.85. The molecule has 1 atom stereocenters. The molecule has 1 aliphatic heterocycles. The molecule has 96 valence electrons. The summed E-state index contributed by atoms with van der Waals surface area (Å²) in [5.41, 5.74) is 1.12. The number of cyclic esters (lactones) is 1. The van der Waals surface area contributed by atoms with Crippen LogP contribution in [0, 0.1) is 0 Å². The van der Waals surface area contributed by atoms with Crippen LogP contribution in [0.15, 0.2) is 42.5 Å². The number of hydrogen-bond donors (Lipinski definition) is 0. The van der Waals surface area contributed by atoms with E-state index in [2.05, 4.69) is 6.58 Å². The third kappa shape index (κ3) is 2.79. The van der Waals surface area contributed by atoms with Gasteiger partial charge in [0.25, 0.3) is 0 Å². The summed E-state index contributed by atoms with van der Waals surface area (Å²) >= 11 is 0. The van der Waals surface area contributed by atoms with Gasteiger partial charge in [-0.3, -0.25) is 0 Å². The summed E-state index contributed by atoms with van der Waals surface area (Å²) < 4.78 is 11.1. The fraction of sp³-hybridized carbons (Fsp3) is 0.400. The Morgan fingerprint density at radius 2 is 2.06 bits per heavy atom. The van der Waals surface area contributed by atoms with Crippen molar-refractivity contribution in [2.75, 3.05) is 0 Å². The van der Waals surface area contributed by atoms with Crippen LogP contribution >= 0.6 is 0 Å². The van der Waals surface area contributed by atoms with Crippen LogP contribution in [0.2, 0.25) is 0 Å². The van der Waals surface area contributed by atoms with Crippen molar-refractivity contribution in [3.8, 4) is 0 Å². The van der Waals surface area contributed by atoms with E-state index in [1.807, 2.05) is 44.2 Å². The van der Waals surface area contributed by atoms with Crippen molar-refractivity contribution in [3.63, 3.8) is 0 Å². The lowest BCUT2D eigenvalue weighted by atomic mass is 9.97. The van der Waals surface area contributed by atoms with Crippen molar-refractivity contribution in [2.45, 2.75) is 38.6 Å². The molecule has 0 saturated carbocycles. The zero-order valence-corrected chi connectivity index (χ0v) is 10.8. The summed E-state index contributed by atoms with van der Waals surface area (Å²) in [5.74, 6) is -0.309. The molecule has 1 fully saturated rings. The van der Waals surface area contributed by atoms with Crippen LogP contribution < -0.4 is 0 Å². The third-order valence-electron chi connectivity index (χ3n) is 3.20. The molecule has 2 rings (SSSR count). The Kier molecular flexibility index (Phi) is 3.53. The topological polar surface area (TPSA) is 35.5 Å². The fourth-order valence-electron chi connectivity index (χ4n) is 1.89. The van der Waals surface area contributed by atoms with Gasteiger partial charge in [0.05, 0.1) is 6.61 Å². The number of rotatable bonds is 4. The van der Waals surface area contributed by atoms with Gasteiger partial charge >= 0.3 is 5.97 Å². The Labute approximate surface area is 107 Å².